The Morgan fingerprint density at radius 2 is 1.85 bits per heavy atom. The zero-order chi connectivity index (χ0) is 9.84. The van der Waals surface area contributed by atoms with Gasteiger partial charge in [0.25, 0.3) is 0 Å². The Kier molecular flexibility index (Phi) is 2.80. The fourth-order valence-electron chi connectivity index (χ4n) is 0.843. The maximum Gasteiger partial charge on any atom is 0.379 e. The van der Waals surface area contributed by atoms with Crippen LogP contribution >= 0.6 is 0 Å². The topological polar surface area (TPSA) is 43.4 Å². The second-order valence-corrected chi connectivity index (χ2v) is 2.71. The van der Waals surface area contributed by atoms with Gasteiger partial charge in [-0.05, 0) is 18.6 Å². The van der Waals surface area contributed by atoms with E-state index in [2.05, 4.69) is 0 Å². The molecule has 0 unspecified atom stereocenters. The van der Waals surface area contributed by atoms with E-state index in [1.54, 1.807) is 12.1 Å². The minimum Gasteiger partial charge on any atom is -0.421 e. The molecule has 0 aromatic heterocycles. The summed E-state index contributed by atoms with van der Waals surface area (Å²) in [7, 11) is 0. The van der Waals surface area contributed by atoms with Gasteiger partial charge in [0, 0.05) is 6.92 Å². The summed E-state index contributed by atoms with van der Waals surface area (Å²) >= 11 is 0. The van der Waals surface area contributed by atoms with Crippen LogP contribution in [0.2, 0.25) is 0 Å². The van der Waals surface area contributed by atoms with Crippen molar-refractivity contribution < 1.29 is 14.3 Å². The molecule has 3 heteroatoms. The zero-order valence-electron chi connectivity index (χ0n) is 7.53. The Morgan fingerprint density at radius 3 is 2.38 bits per heavy atom. The number of esters is 1. The summed E-state index contributed by atoms with van der Waals surface area (Å²) in [5.41, 5.74) is 0.831. The van der Waals surface area contributed by atoms with Crippen molar-refractivity contribution in [2.75, 3.05) is 0 Å². The summed E-state index contributed by atoms with van der Waals surface area (Å²) in [4.78, 5) is 21.5. The molecule has 0 aliphatic rings. The lowest BCUT2D eigenvalue weighted by atomic mass is 10.2. The lowest BCUT2D eigenvalue weighted by molar-refractivity contribution is -0.146. The van der Waals surface area contributed by atoms with Gasteiger partial charge in [0.05, 0.1) is 0 Å². The van der Waals surface area contributed by atoms with Gasteiger partial charge < -0.3 is 4.74 Å². The molecule has 1 rings (SSSR count). The molecule has 1 aromatic rings. The van der Waals surface area contributed by atoms with Gasteiger partial charge in [-0.2, -0.15) is 0 Å². The van der Waals surface area contributed by atoms with Crippen LogP contribution in [-0.4, -0.2) is 11.8 Å². The average Bonchev–Trinajstić information content (AvgIpc) is 2.08. The van der Waals surface area contributed by atoms with Gasteiger partial charge in [-0.3, -0.25) is 4.79 Å². The van der Waals surface area contributed by atoms with Crippen molar-refractivity contribution in [1.82, 2.24) is 0 Å². The third-order valence-corrected chi connectivity index (χ3v) is 1.58. The standard InChI is InChI=1S/C10H10O3/c1-7-5-3-4-6-9(7)13-10(12)8(2)11/h3-6H,1-2H3. The summed E-state index contributed by atoms with van der Waals surface area (Å²) in [6.07, 6.45) is 0. The maximum absolute atomic E-state index is 10.9. The van der Waals surface area contributed by atoms with Crippen LogP contribution in [0.4, 0.5) is 0 Å². The number of para-hydroxylation sites is 1. The number of benzene rings is 1. The van der Waals surface area contributed by atoms with Gasteiger partial charge in [-0.15, -0.1) is 0 Å². The highest BCUT2D eigenvalue weighted by Gasteiger charge is 2.10. The highest BCUT2D eigenvalue weighted by molar-refractivity contribution is 6.33. The molecule has 0 saturated carbocycles. The largest absolute Gasteiger partial charge is 0.421 e. The number of carbonyl (C=O) groups excluding carboxylic acids is 2. The predicted molar refractivity (Wildman–Crippen MR) is 47.5 cm³/mol. The predicted octanol–water partition coefficient (Wildman–Crippen LogP) is 1.49. The highest BCUT2D eigenvalue weighted by atomic mass is 16.5. The summed E-state index contributed by atoms with van der Waals surface area (Å²) in [6, 6.07) is 7.04. The molecule has 0 fully saturated rings. The van der Waals surface area contributed by atoms with Crippen LogP contribution in [0.3, 0.4) is 0 Å². The molecule has 0 amide bonds. The van der Waals surface area contributed by atoms with Crippen LogP contribution in [0.15, 0.2) is 24.3 Å². The minimum absolute atomic E-state index is 0.433. The number of Topliss-reactive ketones (excluding diaryl/α,β-unsaturated/α-hetero) is 1. The average molecular weight is 178 g/mol. The van der Waals surface area contributed by atoms with Gasteiger partial charge in [0.2, 0.25) is 5.78 Å². The Hall–Kier alpha value is -1.64. The Labute approximate surface area is 76.3 Å². The molecule has 68 valence electrons. The van der Waals surface area contributed by atoms with E-state index < -0.39 is 11.8 Å². The van der Waals surface area contributed by atoms with Crippen molar-refractivity contribution in [3.05, 3.63) is 29.8 Å². The number of ether oxygens (including phenoxy) is 1. The van der Waals surface area contributed by atoms with E-state index in [1.807, 2.05) is 19.1 Å². The molecule has 0 N–H and O–H groups in total. The normalized spacial score (nSPS) is 9.38. The smallest absolute Gasteiger partial charge is 0.379 e. The van der Waals surface area contributed by atoms with E-state index in [9.17, 15) is 9.59 Å². The second-order valence-electron chi connectivity index (χ2n) is 2.71. The van der Waals surface area contributed by atoms with Crippen molar-refractivity contribution in [2.24, 2.45) is 0 Å². The van der Waals surface area contributed by atoms with Crippen molar-refractivity contribution in [2.45, 2.75) is 13.8 Å². The van der Waals surface area contributed by atoms with Crippen LogP contribution in [0, 0.1) is 6.92 Å². The quantitative estimate of drug-likeness (QED) is 0.391. The number of aryl methyl sites for hydroxylation is 1. The number of ketones is 1. The first-order valence-electron chi connectivity index (χ1n) is 3.89. The fraction of sp³-hybridized carbons (Fsp3) is 0.200. The molecule has 0 heterocycles. The molecular formula is C10H10O3. The Balaban J connectivity index is 2.81. The molecule has 13 heavy (non-hydrogen) atoms. The van der Waals surface area contributed by atoms with Crippen LogP contribution in [0.1, 0.15) is 12.5 Å². The molecule has 0 aliphatic heterocycles. The van der Waals surface area contributed by atoms with Crippen LogP contribution in [0.5, 0.6) is 5.75 Å². The van der Waals surface area contributed by atoms with Crippen LogP contribution < -0.4 is 4.74 Å². The van der Waals surface area contributed by atoms with Gasteiger partial charge in [0.15, 0.2) is 0 Å². The molecule has 0 atom stereocenters. The fourth-order valence-corrected chi connectivity index (χ4v) is 0.843. The SMILES string of the molecule is CC(=O)C(=O)Oc1ccccc1C. The van der Waals surface area contributed by atoms with E-state index in [-0.39, 0.29) is 0 Å². The summed E-state index contributed by atoms with van der Waals surface area (Å²) < 4.78 is 4.82. The minimum atomic E-state index is -0.825. The third-order valence-electron chi connectivity index (χ3n) is 1.58. The monoisotopic (exact) mass is 178 g/mol. The zero-order valence-corrected chi connectivity index (χ0v) is 7.53. The van der Waals surface area contributed by atoms with Crippen molar-refractivity contribution >= 4 is 11.8 Å². The van der Waals surface area contributed by atoms with E-state index in [1.165, 1.54) is 6.92 Å². The third kappa shape index (κ3) is 2.40. The van der Waals surface area contributed by atoms with Gasteiger partial charge in [0.1, 0.15) is 5.75 Å². The number of rotatable bonds is 2. The molecule has 0 saturated heterocycles. The summed E-state index contributed by atoms with van der Waals surface area (Å²) in [5.74, 6) is -0.986. The Bertz CT molecular complexity index is 342. The van der Waals surface area contributed by atoms with Gasteiger partial charge in [-0.25, -0.2) is 4.79 Å². The van der Waals surface area contributed by atoms with E-state index in [0.29, 0.717) is 5.75 Å². The number of hydrogen-bond donors (Lipinski definition) is 0. The number of carbonyl (C=O) groups is 2. The molecule has 3 nitrogen and oxygen atoms in total. The van der Waals surface area contributed by atoms with Crippen LogP contribution in [-0.2, 0) is 9.59 Å². The van der Waals surface area contributed by atoms with Gasteiger partial charge in [-0.1, -0.05) is 18.2 Å². The molecule has 0 bridgehead atoms. The lowest BCUT2D eigenvalue weighted by Crippen LogP contribution is -2.17. The second kappa shape index (κ2) is 3.85. The Morgan fingerprint density at radius 1 is 1.23 bits per heavy atom. The first-order chi connectivity index (χ1) is 6.11. The molecule has 0 aliphatic carbocycles. The molecular weight excluding hydrogens is 168 g/mol. The van der Waals surface area contributed by atoms with Crippen LogP contribution in [0.25, 0.3) is 0 Å². The first kappa shape index (κ1) is 9.45. The van der Waals surface area contributed by atoms with Crippen molar-refractivity contribution in [1.29, 1.82) is 0 Å². The van der Waals surface area contributed by atoms with E-state index in [0.717, 1.165) is 5.56 Å². The highest BCUT2D eigenvalue weighted by Crippen LogP contribution is 2.16. The summed E-state index contributed by atoms with van der Waals surface area (Å²) in [5, 5.41) is 0. The molecule has 1 aromatic carbocycles. The first-order valence-corrected chi connectivity index (χ1v) is 3.89. The molecule has 0 spiro atoms. The van der Waals surface area contributed by atoms with Crippen molar-refractivity contribution in [3.63, 3.8) is 0 Å². The lowest BCUT2D eigenvalue weighted by Gasteiger charge is -2.03. The molecule has 0 radical (unpaired) electrons. The van der Waals surface area contributed by atoms with E-state index >= 15 is 0 Å². The van der Waals surface area contributed by atoms with Gasteiger partial charge >= 0.3 is 5.97 Å². The number of hydrogen-bond acceptors (Lipinski definition) is 3. The summed E-state index contributed by atoms with van der Waals surface area (Å²) in [6.45, 7) is 2.99. The van der Waals surface area contributed by atoms with Crippen molar-refractivity contribution in [3.8, 4) is 5.75 Å². The van der Waals surface area contributed by atoms with E-state index in [4.69, 9.17) is 4.74 Å². The maximum atomic E-state index is 10.9.